The molecule has 3 aliphatic rings. The molecular weight excluding hydrogens is 300 g/mol. The van der Waals surface area contributed by atoms with Crippen molar-refractivity contribution in [1.29, 1.82) is 0 Å². The van der Waals surface area contributed by atoms with E-state index in [0.29, 0.717) is 24.0 Å². The molecule has 0 aromatic heterocycles. The fourth-order valence-electron chi connectivity index (χ4n) is 5.36. The van der Waals surface area contributed by atoms with E-state index in [1.165, 1.54) is 24.8 Å². The molecule has 5 atom stereocenters. The van der Waals surface area contributed by atoms with E-state index in [0.717, 1.165) is 24.8 Å². The van der Waals surface area contributed by atoms with Crippen LogP contribution >= 0.6 is 0 Å². The van der Waals surface area contributed by atoms with Gasteiger partial charge in [0, 0.05) is 11.5 Å². The molecule has 0 bridgehead atoms. The zero-order valence-corrected chi connectivity index (χ0v) is 14.1. The summed E-state index contributed by atoms with van der Waals surface area (Å²) in [5.41, 5.74) is 2.27. The highest BCUT2D eigenvalue weighted by Gasteiger charge is 2.47. The Morgan fingerprint density at radius 2 is 1.92 bits per heavy atom. The Hall–Kier alpha value is -1.32. The molecule has 1 aromatic carbocycles. The van der Waals surface area contributed by atoms with Gasteiger partial charge in [-0.15, -0.1) is 0 Å². The molecule has 3 nitrogen and oxygen atoms in total. The van der Waals surface area contributed by atoms with Gasteiger partial charge in [-0.2, -0.15) is 0 Å². The zero-order valence-electron chi connectivity index (χ0n) is 14.1. The van der Waals surface area contributed by atoms with Crippen molar-refractivity contribution < 1.29 is 15.3 Å². The Labute approximate surface area is 144 Å². The molecule has 0 amide bonds. The number of rotatable bonds is 3. The van der Waals surface area contributed by atoms with Crippen LogP contribution in [0.1, 0.15) is 55.6 Å². The van der Waals surface area contributed by atoms with Crippen LogP contribution in [0.4, 0.5) is 0 Å². The number of phenols is 1. The summed E-state index contributed by atoms with van der Waals surface area (Å²) in [6.07, 6.45) is 10.8. The molecule has 3 heteroatoms. The Balaban J connectivity index is 1.49. The number of hydrogen-bond acceptors (Lipinski definition) is 3. The molecule has 24 heavy (non-hydrogen) atoms. The summed E-state index contributed by atoms with van der Waals surface area (Å²) < 4.78 is 0. The largest absolute Gasteiger partial charge is 0.508 e. The fraction of sp³-hybridized carbons (Fsp3) is 0.619. The van der Waals surface area contributed by atoms with E-state index in [4.69, 9.17) is 0 Å². The van der Waals surface area contributed by atoms with Gasteiger partial charge in [-0.3, -0.25) is 0 Å². The first-order valence-electron chi connectivity index (χ1n) is 9.50. The van der Waals surface area contributed by atoms with E-state index < -0.39 is 0 Å². The highest BCUT2D eigenvalue weighted by atomic mass is 16.3. The first-order valence-corrected chi connectivity index (χ1v) is 9.50. The van der Waals surface area contributed by atoms with Crippen molar-refractivity contribution in [3.8, 4) is 5.75 Å². The first-order chi connectivity index (χ1) is 11.6. The van der Waals surface area contributed by atoms with Gasteiger partial charge in [0.2, 0.25) is 0 Å². The standard InChI is InChI=1S/C21H28O3/c22-18(13-5-2-1-3-6-13)10-9-15-16-11-14-7-4-8-19(23)21(14)17(16)12-20(15)24/h4,7-10,13,15-18,20,22-24H,1-3,5-6,11-12H2/t15-,16+,17-,18?,20+/m0/s1. The molecule has 3 aliphatic carbocycles. The maximum Gasteiger partial charge on any atom is 0.119 e. The maximum atomic E-state index is 10.5. The summed E-state index contributed by atoms with van der Waals surface area (Å²) in [6.45, 7) is 0. The predicted octanol–water partition coefficient (Wildman–Crippen LogP) is 3.53. The lowest BCUT2D eigenvalue weighted by Crippen LogP contribution is -2.22. The summed E-state index contributed by atoms with van der Waals surface area (Å²) in [7, 11) is 0. The lowest BCUT2D eigenvalue weighted by atomic mass is 9.84. The topological polar surface area (TPSA) is 60.7 Å². The van der Waals surface area contributed by atoms with Gasteiger partial charge in [0.25, 0.3) is 0 Å². The fourth-order valence-corrected chi connectivity index (χ4v) is 5.36. The molecule has 130 valence electrons. The van der Waals surface area contributed by atoms with Crippen LogP contribution in [0.15, 0.2) is 30.4 Å². The average molecular weight is 328 g/mol. The highest BCUT2D eigenvalue weighted by molar-refractivity contribution is 5.47. The molecule has 0 aliphatic heterocycles. The van der Waals surface area contributed by atoms with Crippen LogP contribution in [0.5, 0.6) is 5.75 Å². The molecule has 3 N–H and O–H groups in total. The molecule has 0 spiro atoms. The van der Waals surface area contributed by atoms with E-state index in [9.17, 15) is 15.3 Å². The number of hydrogen-bond donors (Lipinski definition) is 3. The molecule has 2 fully saturated rings. The minimum absolute atomic E-state index is 0.0834. The van der Waals surface area contributed by atoms with Gasteiger partial charge in [-0.1, -0.05) is 43.5 Å². The van der Waals surface area contributed by atoms with E-state index in [1.807, 2.05) is 12.1 Å². The third kappa shape index (κ3) is 2.78. The van der Waals surface area contributed by atoms with Gasteiger partial charge >= 0.3 is 0 Å². The summed E-state index contributed by atoms with van der Waals surface area (Å²) >= 11 is 0. The minimum Gasteiger partial charge on any atom is -0.508 e. The molecule has 1 aromatic rings. The van der Waals surface area contributed by atoms with Gasteiger partial charge in [0.05, 0.1) is 12.2 Å². The molecule has 1 unspecified atom stereocenters. The summed E-state index contributed by atoms with van der Waals surface area (Å²) in [4.78, 5) is 0. The number of aliphatic hydroxyl groups excluding tert-OH is 2. The van der Waals surface area contributed by atoms with E-state index >= 15 is 0 Å². The molecule has 4 rings (SSSR count). The van der Waals surface area contributed by atoms with E-state index in [-0.39, 0.29) is 24.0 Å². The number of benzene rings is 1. The minimum atomic E-state index is -0.381. The van der Waals surface area contributed by atoms with Gasteiger partial charge < -0.3 is 15.3 Å². The van der Waals surface area contributed by atoms with Gasteiger partial charge in [0.1, 0.15) is 5.75 Å². The molecule has 2 saturated carbocycles. The van der Waals surface area contributed by atoms with Gasteiger partial charge in [-0.05, 0) is 55.1 Å². The molecule has 0 heterocycles. The summed E-state index contributed by atoms with van der Waals surface area (Å²) in [6, 6.07) is 5.75. The maximum absolute atomic E-state index is 10.5. The molecular formula is C21H28O3. The van der Waals surface area contributed by atoms with Gasteiger partial charge in [0.15, 0.2) is 0 Å². The van der Waals surface area contributed by atoms with E-state index in [1.54, 1.807) is 6.07 Å². The Kier molecular flexibility index (Phi) is 4.40. The van der Waals surface area contributed by atoms with Crippen LogP contribution in [-0.2, 0) is 6.42 Å². The average Bonchev–Trinajstić information content (AvgIpc) is 3.09. The third-order valence-electron chi connectivity index (χ3n) is 6.61. The quantitative estimate of drug-likeness (QED) is 0.744. The van der Waals surface area contributed by atoms with Crippen LogP contribution in [0.3, 0.4) is 0 Å². The van der Waals surface area contributed by atoms with Crippen molar-refractivity contribution in [3.63, 3.8) is 0 Å². The van der Waals surface area contributed by atoms with Crippen LogP contribution < -0.4 is 0 Å². The SMILES string of the molecule is Oc1cccc2c1[C@H]1C[C@@H](O)[C@@H](C=CC(O)C3CCCCC3)[C@H]1C2. The first kappa shape index (κ1) is 16.2. The summed E-state index contributed by atoms with van der Waals surface area (Å²) in [5.74, 6) is 1.43. The number of phenolic OH excluding ortho intramolecular Hbond substituents is 1. The van der Waals surface area contributed by atoms with Crippen molar-refractivity contribution in [2.75, 3.05) is 0 Å². The third-order valence-corrected chi connectivity index (χ3v) is 6.61. The zero-order chi connectivity index (χ0) is 16.7. The predicted molar refractivity (Wildman–Crippen MR) is 93.9 cm³/mol. The second-order valence-corrected chi connectivity index (χ2v) is 7.98. The lowest BCUT2D eigenvalue weighted by Gasteiger charge is -2.25. The second kappa shape index (κ2) is 6.53. The van der Waals surface area contributed by atoms with Crippen molar-refractivity contribution in [2.45, 2.75) is 63.1 Å². The monoisotopic (exact) mass is 328 g/mol. The number of aromatic hydroxyl groups is 1. The van der Waals surface area contributed by atoms with Crippen LogP contribution in [-0.4, -0.2) is 27.5 Å². The van der Waals surface area contributed by atoms with Crippen molar-refractivity contribution >= 4 is 0 Å². The van der Waals surface area contributed by atoms with Crippen LogP contribution in [0, 0.1) is 17.8 Å². The van der Waals surface area contributed by atoms with E-state index in [2.05, 4.69) is 12.1 Å². The molecule has 0 saturated heterocycles. The summed E-state index contributed by atoms with van der Waals surface area (Å²) in [5, 5.41) is 31.2. The van der Waals surface area contributed by atoms with Crippen molar-refractivity contribution in [2.24, 2.45) is 17.8 Å². The van der Waals surface area contributed by atoms with Crippen LogP contribution in [0.2, 0.25) is 0 Å². The normalized spacial score (nSPS) is 34.4. The molecule has 0 radical (unpaired) electrons. The van der Waals surface area contributed by atoms with Gasteiger partial charge in [-0.25, -0.2) is 0 Å². The second-order valence-electron chi connectivity index (χ2n) is 7.98. The Bertz CT molecular complexity index is 618. The Morgan fingerprint density at radius 1 is 1.12 bits per heavy atom. The highest BCUT2D eigenvalue weighted by Crippen LogP contribution is 2.54. The lowest BCUT2D eigenvalue weighted by molar-refractivity contribution is 0.120. The number of aliphatic hydroxyl groups is 2. The smallest absolute Gasteiger partial charge is 0.119 e. The Morgan fingerprint density at radius 3 is 2.71 bits per heavy atom. The van der Waals surface area contributed by atoms with Crippen molar-refractivity contribution in [3.05, 3.63) is 41.5 Å². The van der Waals surface area contributed by atoms with Crippen molar-refractivity contribution in [1.82, 2.24) is 0 Å². The van der Waals surface area contributed by atoms with Crippen LogP contribution in [0.25, 0.3) is 0 Å². The number of fused-ring (bicyclic) bond motifs is 3.